The number of nitrogens with one attached hydrogen (secondary N) is 2. The Morgan fingerprint density at radius 1 is 1.35 bits per heavy atom. The van der Waals surface area contributed by atoms with Gasteiger partial charge < -0.3 is 11.1 Å². The van der Waals surface area contributed by atoms with Gasteiger partial charge in [-0.2, -0.15) is 8.42 Å². The van der Waals surface area contributed by atoms with Gasteiger partial charge in [0.15, 0.2) is 0 Å². The van der Waals surface area contributed by atoms with Crippen molar-refractivity contribution in [3.8, 4) is 0 Å². The molecule has 0 fully saturated rings. The first-order valence-corrected chi connectivity index (χ1v) is 9.40. The van der Waals surface area contributed by atoms with E-state index in [9.17, 15) is 13.2 Å². The van der Waals surface area contributed by atoms with Crippen LogP contribution in [0.25, 0.3) is 0 Å². The van der Waals surface area contributed by atoms with Gasteiger partial charge in [-0.05, 0) is 31.9 Å². The average molecular weight is 378 g/mol. The van der Waals surface area contributed by atoms with Gasteiger partial charge in [-0.3, -0.25) is 14.1 Å². The molecule has 0 radical (unpaired) electrons. The standard InChI is InChI=1S/C17H22N4O4S/c1-10(2)20-17(22)15-13(8-12-6-4-5-11(3)7-12)14(9-19-16(15)18)21-26(23,24)25/h4-7,9-10,21H,8H2,1-3H3,(H2,18,19)(H,20,22)(H,23,24,25). The van der Waals surface area contributed by atoms with Gasteiger partial charge in [-0.1, -0.05) is 29.8 Å². The van der Waals surface area contributed by atoms with Crippen molar-refractivity contribution in [2.24, 2.45) is 0 Å². The SMILES string of the molecule is Cc1cccc(Cc2c(NS(=O)(=O)O)cnc(N)c2C(=O)NC(C)C)c1. The Labute approximate surface area is 152 Å². The third-order valence-corrected chi connectivity index (χ3v) is 4.04. The average Bonchev–Trinajstić information content (AvgIpc) is 2.48. The maximum Gasteiger partial charge on any atom is 0.357 e. The Balaban J connectivity index is 2.61. The van der Waals surface area contributed by atoms with E-state index >= 15 is 0 Å². The van der Waals surface area contributed by atoms with Gasteiger partial charge in [0.2, 0.25) is 0 Å². The summed E-state index contributed by atoms with van der Waals surface area (Å²) in [5.41, 5.74) is 8.18. The number of aromatic nitrogens is 1. The number of nitrogen functional groups attached to an aromatic ring is 1. The minimum absolute atomic E-state index is 0.00267. The summed E-state index contributed by atoms with van der Waals surface area (Å²) in [6.45, 7) is 5.51. The minimum atomic E-state index is -4.54. The lowest BCUT2D eigenvalue weighted by molar-refractivity contribution is 0.0943. The van der Waals surface area contributed by atoms with Crippen LogP contribution in [-0.2, 0) is 16.7 Å². The highest BCUT2D eigenvalue weighted by molar-refractivity contribution is 7.87. The number of carbonyl (C=O) groups excluding carboxylic acids is 1. The quantitative estimate of drug-likeness (QED) is 0.567. The zero-order valence-electron chi connectivity index (χ0n) is 14.8. The molecule has 26 heavy (non-hydrogen) atoms. The number of anilines is 2. The highest BCUT2D eigenvalue weighted by Crippen LogP contribution is 2.27. The zero-order valence-corrected chi connectivity index (χ0v) is 15.6. The lowest BCUT2D eigenvalue weighted by Gasteiger charge is -2.17. The van der Waals surface area contributed by atoms with Crippen LogP contribution in [0.2, 0.25) is 0 Å². The largest absolute Gasteiger partial charge is 0.383 e. The number of benzene rings is 1. The smallest absolute Gasteiger partial charge is 0.357 e. The first kappa shape index (κ1) is 19.7. The Bertz CT molecular complexity index is 926. The van der Waals surface area contributed by atoms with Crippen LogP contribution in [0.3, 0.4) is 0 Å². The molecular weight excluding hydrogens is 356 g/mol. The molecule has 140 valence electrons. The number of nitrogens with two attached hydrogens (primary N) is 1. The molecule has 1 aromatic carbocycles. The summed E-state index contributed by atoms with van der Waals surface area (Å²) in [5.74, 6) is -0.488. The van der Waals surface area contributed by atoms with Gasteiger partial charge in [-0.25, -0.2) is 4.98 Å². The second-order valence-electron chi connectivity index (χ2n) is 6.28. The predicted molar refractivity (Wildman–Crippen MR) is 100 cm³/mol. The predicted octanol–water partition coefficient (Wildman–Crippen LogP) is 1.92. The first-order chi connectivity index (χ1) is 12.1. The molecule has 2 aromatic rings. The van der Waals surface area contributed by atoms with Gasteiger partial charge in [0.1, 0.15) is 5.82 Å². The summed E-state index contributed by atoms with van der Waals surface area (Å²) >= 11 is 0. The molecule has 8 nitrogen and oxygen atoms in total. The van der Waals surface area contributed by atoms with E-state index in [0.29, 0.717) is 5.56 Å². The Morgan fingerprint density at radius 2 is 2.04 bits per heavy atom. The molecule has 9 heteroatoms. The van der Waals surface area contributed by atoms with E-state index in [1.165, 1.54) is 6.20 Å². The molecule has 0 unspecified atom stereocenters. The molecule has 0 aliphatic carbocycles. The highest BCUT2D eigenvalue weighted by Gasteiger charge is 2.22. The maximum atomic E-state index is 12.6. The molecule has 1 amide bonds. The first-order valence-electron chi connectivity index (χ1n) is 7.96. The van der Waals surface area contributed by atoms with Crippen molar-refractivity contribution in [1.82, 2.24) is 10.3 Å². The van der Waals surface area contributed by atoms with Crippen LogP contribution < -0.4 is 15.8 Å². The summed E-state index contributed by atoms with van der Waals surface area (Å²) in [4.78, 5) is 16.5. The highest BCUT2D eigenvalue weighted by atomic mass is 32.2. The van der Waals surface area contributed by atoms with Crippen molar-refractivity contribution in [2.45, 2.75) is 33.2 Å². The number of amides is 1. The normalized spacial score (nSPS) is 11.4. The van der Waals surface area contributed by atoms with E-state index in [4.69, 9.17) is 10.3 Å². The number of rotatable bonds is 6. The minimum Gasteiger partial charge on any atom is -0.383 e. The van der Waals surface area contributed by atoms with Crippen LogP contribution in [0, 0.1) is 6.92 Å². The van der Waals surface area contributed by atoms with Gasteiger partial charge in [0, 0.05) is 12.5 Å². The van der Waals surface area contributed by atoms with Crippen molar-refractivity contribution in [3.05, 3.63) is 52.7 Å². The molecule has 0 bridgehead atoms. The summed E-state index contributed by atoms with van der Waals surface area (Å²) < 4.78 is 33.7. The fraction of sp³-hybridized carbons (Fsp3) is 0.294. The van der Waals surface area contributed by atoms with E-state index in [2.05, 4.69) is 10.3 Å². The van der Waals surface area contributed by atoms with Gasteiger partial charge in [0.25, 0.3) is 5.91 Å². The summed E-state index contributed by atoms with van der Waals surface area (Å²) in [6, 6.07) is 7.41. The Morgan fingerprint density at radius 3 is 2.62 bits per heavy atom. The van der Waals surface area contributed by atoms with Crippen molar-refractivity contribution in [3.63, 3.8) is 0 Å². The molecule has 0 spiro atoms. The molecule has 1 aromatic heterocycles. The summed E-state index contributed by atoms with van der Waals surface area (Å²) in [7, 11) is -4.54. The Hall–Kier alpha value is -2.65. The van der Waals surface area contributed by atoms with E-state index in [1.54, 1.807) is 13.8 Å². The van der Waals surface area contributed by atoms with Crippen molar-refractivity contribution in [1.29, 1.82) is 0 Å². The summed E-state index contributed by atoms with van der Waals surface area (Å²) in [5, 5.41) is 2.73. The molecule has 0 aliphatic heterocycles. The topological polar surface area (TPSA) is 134 Å². The van der Waals surface area contributed by atoms with E-state index in [-0.39, 0.29) is 29.5 Å². The monoisotopic (exact) mass is 378 g/mol. The molecule has 2 rings (SSSR count). The lowest BCUT2D eigenvalue weighted by Crippen LogP contribution is -2.32. The zero-order chi connectivity index (χ0) is 19.5. The van der Waals surface area contributed by atoms with Crippen LogP contribution in [0.5, 0.6) is 0 Å². The third kappa shape index (κ3) is 5.17. The molecule has 0 saturated heterocycles. The third-order valence-electron chi connectivity index (χ3n) is 3.56. The van der Waals surface area contributed by atoms with Crippen molar-refractivity contribution in [2.75, 3.05) is 10.5 Å². The van der Waals surface area contributed by atoms with Crippen molar-refractivity contribution >= 4 is 27.7 Å². The van der Waals surface area contributed by atoms with Gasteiger partial charge in [-0.15, -0.1) is 0 Å². The second kappa shape index (κ2) is 7.71. The van der Waals surface area contributed by atoms with E-state index < -0.39 is 16.2 Å². The van der Waals surface area contributed by atoms with Crippen LogP contribution in [0.15, 0.2) is 30.5 Å². The fourth-order valence-electron chi connectivity index (χ4n) is 2.59. The van der Waals surface area contributed by atoms with Gasteiger partial charge >= 0.3 is 10.3 Å². The van der Waals surface area contributed by atoms with E-state index in [1.807, 2.05) is 35.9 Å². The van der Waals surface area contributed by atoms with Crippen LogP contribution >= 0.6 is 0 Å². The number of hydrogen-bond acceptors (Lipinski definition) is 5. The molecular formula is C17H22N4O4S. The van der Waals surface area contributed by atoms with Crippen LogP contribution in [-0.4, -0.2) is 29.9 Å². The molecule has 1 heterocycles. The lowest BCUT2D eigenvalue weighted by atomic mass is 9.97. The molecule has 5 N–H and O–H groups in total. The molecule has 0 atom stereocenters. The van der Waals surface area contributed by atoms with Crippen molar-refractivity contribution < 1.29 is 17.8 Å². The number of aryl methyl sites for hydroxylation is 1. The number of pyridine rings is 1. The summed E-state index contributed by atoms with van der Waals surface area (Å²) in [6.07, 6.45) is 1.41. The number of nitrogens with zero attached hydrogens (tertiary/aromatic N) is 1. The van der Waals surface area contributed by atoms with E-state index in [0.717, 1.165) is 11.1 Å². The fourth-order valence-corrected chi connectivity index (χ4v) is 3.04. The van der Waals surface area contributed by atoms with Crippen LogP contribution in [0.1, 0.15) is 40.9 Å². The number of carbonyl (C=O) groups is 1. The second-order valence-corrected chi connectivity index (χ2v) is 7.44. The van der Waals surface area contributed by atoms with Crippen LogP contribution in [0.4, 0.5) is 11.5 Å². The molecule has 0 saturated carbocycles. The molecule has 0 aliphatic rings. The maximum absolute atomic E-state index is 12.6. The van der Waals surface area contributed by atoms with Gasteiger partial charge in [0.05, 0.1) is 17.4 Å². The Kier molecular flexibility index (Phi) is 5.83. The number of hydrogen-bond donors (Lipinski definition) is 4.